The molecule has 1 N–H and O–H groups in total. The SMILES string of the molecule is CCNC(=NCC(C)N1CCOCC1)N(C)Cc1ccccc1. The lowest BCUT2D eigenvalue weighted by atomic mass is 10.2. The average molecular weight is 318 g/mol. The molecule has 1 fully saturated rings. The topological polar surface area (TPSA) is 40.1 Å². The maximum absolute atomic E-state index is 5.42. The molecule has 23 heavy (non-hydrogen) atoms. The molecule has 1 aromatic carbocycles. The van der Waals surface area contributed by atoms with Crippen LogP contribution in [-0.2, 0) is 11.3 Å². The van der Waals surface area contributed by atoms with Crippen LogP contribution in [0.1, 0.15) is 19.4 Å². The average Bonchev–Trinajstić information content (AvgIpc) is 2.60. The minimum absolute atomic E-state index is 0.442. The minimum atomic E-state index is 0.442. The Balaban J connectivity index is 1.92. The number of morpholine rings is 1. The zero-order chi connectivity index (χ0) is 16.5. The lowest BCUT2D eigenvalue weighted by Gasteiger charge is -2.32. The van der Waals surface area contributed by atoms with Crippen molar-refractivity contribution in [1.29, 1.82) is 0 Å². The third-order valence-electron chi connectivity index (χ3n) is 4.13. The summed E-state index contributed by atoms with van der Waals surface area (Å²) < 4.78 is 5.42. The summed E-state index contributed by atoms with van der Waals surface area (Å²) in [6.45, 7) is 10.6. The van der Waals surface area contributed by atoms with Gasteiger partial charge in [-0.25, -0.2) is 0 Å². The third-order valence-corrected chi connectivity index (χ3v) is 4.13. The number of guanidine groups is 1. The van der Waals surface area contributed by atoms with Crippen molar-refractivity contribution in [2.24, 2.45) is 4.99 Å². The number of nitrogens with zero attached hydrogens (tertiary/aromatic N) is 3. The van der Waals surface area contributed by atoms with Crippen molar-refractivity contribution < 1.29 is 4.74 Å². The largest absolute Gasteiger partial charge is 0.379 e. The molecule has 2 rings (SSSR count). The van der Waals surface area contributed by atoms with E-state index in [-0.39, 0.29) is 0 Å². The van der Waals surface area contributed by atoms with E-state index < -0.39 is 0 Å². The summed E-state index contributed by atoms with van der Waals surface area (Å²) in [6.07, 6.45) is 0. The quantitative estimate of drug-likeness (QED) is 0.641. The monoisotopic (exact) mass is 318 g/mol. The molecule has 1 heterocycles. The summed E-state index contributed by atoms with van der Waals surface area (Å²) in [5.41, 5.74) is 1.29. The van der Waals surface area contributed by atoms with E-state index in [1.54, 1.807) is 0 Å². The fourth-order valence-corrected chi connectivity index (χ4v) is 2.75. The highest BCUT2D eigenvalue weighted by Crippen LogP contribution is 2.06. The van der Waals surface area contributed by atoms with E-state index in [4.69, 9.17) is 9.73 Å². The molecule has 1 unspecified atom stereocenters. The zero-order valence-electron chi connectivity index (χ0n) is 14.7. The van der Waals surface area contributed by atoms with Gasteiger partial charge in [-0.1, -0.05) is 30.3 Å². The fraction of sp³-hybridized carbons (Fsp3) is 0.611. The predicted molar refractivity (Wildman–Crippen MR) is 95.7 cm³/mol. The second-order valence-electron chi connectivity index (χ2n) is 6.03. The Morgan fingerprint density at radius 3 is 2.65 bits per heavy atom. The Morgan fingerprint density at radius 2 is 2.00 bits per heavy atom. The molecule has 1 atom stereocenters. The van der Waals surface area contributed by atoms with E-state index in [1.165, 1.54) is 5.56 Å². The van der Waals surface area contributed by atoms with Gasteiger partial charge in [-0.05, 0) is 19.4 Å². The molecule has 0 spiro atoms. The van der Waals surface area contributed by atoms with Gasteiger partial charge in [0.1, 0.15) is 0 Å². The molecule has 0 bridgehead atoms. The molecule has 0 radical (unpaired) electrons. The van der Waals surface area contributed by atoms with Gasteiger partial charge in [-0.2, -0.15) is 0 Å². The van der Waals surface area contributed by atoms with Gasteiger partial charge in [0.2, 0.25) is 0 Å². The van der Waals surface area contributed by atoms with Crippen LogP contribution >= 0.6 is 0 Å². The smallest absolute Gasteiger partial charge is 0.194 e. The first-order chi connectivity index (χ1) is 11.2. The fourth-order valence-electron chi connectivity index (χ4n) is 2.75. The number of hydrogen-bond donors (Lipinski definition) is 1. The summed E-state index contributed by atoms with van der Waals surface area (Å²) >= 11 is 0. The number of nitrogens with one attached hydrogen (secondary N) is 1. The van der Waals surface area contributed by atoms with Crippen molar-refractivity contribution in [3.05, 3.63) is 35.9 Å². The summed E-state index contributed by atoms with van der Waals surface area (Å²) in [5, 5.41) is 3.39. The van der Waals surface area contributed by atoms with E-state index in [0.29, 0.717) is 6.04 Å². The molecule has 5 nitrogen and oxygen atoms in total. The second kappa shape index (κ2) is 9.53. The molecule has 1 aliphatic heterocycles. The van der Waals surface area contributed by atoms with Gasteiger partial charge in [0, 0.05) is 39.3 Å². The van der Waals surface area contributed by atoms with E-state index >= 15 is 0 Å². The molecule has 128 valence electrons. The highest BCUT2D eigenvalue weighted by Gasteiger charge is 2.17. The highest BCUT2D eigenvalue weighted by atomic mass is 16.5. The van der Waals surface area contributed by atoms with Crippen molar-refractivity contribution in [3.63, 3.8) is 0 Å². The van der Waals surface area contributed by atoms with Gasteiger partial charge in [0.05, 0.1) is 19.8 Å². The van der Waals surface area contributed by atoms with Gasteiger partial charge < -0.3 is 15.0 Å². The number of benzene rings is 1. The molecular formula is C18H30N4O. The van der Waals surface area contributed by atoms with Crippen LogP contribution in [0.3, 0.4) is 0 Å². The second-order valence-corrected chi connectivity index (χ2v) is 6.03. The normalized spacial score (nSPS) is 17.8. The van der Waals surface area contributed by atoms with Crippen LogP contribution in [0.5, 0.6) is 0 Å². The number of ether oxygens (including phenoxy) is 1. The van der Waals surface area contributed by atoms with Crippen LogP contribution in [0.15, 0.2) is 35.3 Å². The van der Waals surface area contributed by atoms with Crippen molar-refractivity contribution in [2.45, 2.75) is 26.4 Å². The van der Waals surface area contributed by atoms with Gasteiger partial charge >= 0.3 is 0 Å². The lowest BCUT2D eigenvalue weighted by molar-refractivity contribution is 0.0220. The first kappa shape index (κ1) is 17.8. The summed E-state index contributed by atoms with van der Waals surface area (Å²) in [7, 11) is 2.09. The minimum Gasteiger partial charge on any atom is -0.379 e. The van der Waals surface area contributed by atoms with Gasteiger partial charge in [-0.15, -0.1) is 0 Å². The molecule has 1 aliphatic rings. The van der Waals surface area contributed by atoms with Gasteiger partial charge in [0.25, 0.3) is 0 Å². The number of hydrogen-bond acceptors (Lipinski definition) is 3. The number of rotatable bonds is 6. The van der Waals surface area contributed by atoms with Crippen molar-refractivity contribution in [1.82, 2.24) is 15.1 Å². The number of aliphatic imine (C=N–C) groups is 1. The van der Waals surface area contributed by atoms with E-state index in [2.05, 4.69) is 60.3 Å². The lowest BCUT2D eigenvalue weighted by Crippen LogP contribution is -2.44. The van der Waals surface area contributed by atoms with Crippen LogP contribution in [0.2, 0.25) is 0 Å². The summed E-state index contributed by atoms with van der Waals surface area (Å²) in [5.74, 6) is 0.969. The highest BCUT2D eigenvalue weighted by molar-refractivity contribution is 5.79. The summed E-state index contributed by atoms with van der Waals surface area (Å²) in [4.78, 5) is 9.47. The van der Waals surface area contributed by atoms with Crippen LogP contribution in [0, 0.1) is 0 Å². The third kappa shape index (κ3) is 5.84. The van der Waals surface area contributed by atoms with Crippen LogP contribution in [0.4, 0.5) is 0 Å². The molecular weight excluding hydrogens is 288 g/mol. The van der Waals surface area contributed by atoms with Crippen LogP contribution < -0.4 is 5.32 Å². The Bertz CT molecular complexity index is 471. The van der Waals surface area contributed by atoms with Crippen LogP contribution in [-0.4, -0.2) is 68.2 Å². The maximum Gasteiger partial charge on any atom is 0.194 e. The Hall–Kier alpha value is -1.59. The molecule has 0 amide bonds. The Labute approximate surface area is 140 Å². The molecule has 1 saturated heterocycles. The molecule has 0 aliphatic carbocycles. The van der Waals surface area contributed by atoms with Gasteiger partial charge in [-0.3, -0.25) is 9.89 Å². The Kier molecular flexibility index (Phi) is 7.36. The van der Waals surface area contributed by atoms with E-state index in [9.17, 15) is 0 Å². The molecule has 5 heteroatoms. The van der Waals surface area contributed by atoms with Crippen LogP contribution in [0.25, 0.3) is 0 Å². The predicted octanol–water partition coefficient (Wildman–Crippen LogP) is 1.80. The van der Waals surface area contributed by atoms with Crippen molar-refractivity contribution >= 4 is 5.96 Å². The first-order valence-corrected chi connectivity index (χ1v) is 8.56. The molecule has 0 saturated carbocycles. The van der Waals surface area contributed by atoms with E-state index in [0.717, 1.165) is 51.9 Å². The standard InChI is InChI=1S/C18H30N4O/c1-4-19-18(21(3)15-17-8-6-5-7-9-17)20-14-16(2)22-10-12-23-13-11-22/h5-9,16H,4,10-15H2,1-3H3,(H,19,20). The molecule has 1 aromatic rings. The molecule has 0 aromatic heterocycles. The van der Waals surface area contributed by atoms with Gasteiger partial charge in [0.15, 0.2) is 5.96 Å². The van der Waals surface area contributed by atoms with Crippen molar-refractivity contribution in [2.75, 3.05) is 46.4 Å². The van der Waals surface area contributed by atoms with Crippen molar-refractivity contribution in [3.8, 4) is 0 Å². The maximum atomic E-state index is 5.42. The van der Waals surface area contributed by atoms with E-state index in [1.807, 2.05) is 6.07 Å². The summed E-state index contributed by atoms with van der Waals surface area (Å²) in [6, 6.07) is 10.9. The Morgan fingerprint density at radius 1 is 1.30 bits per heavy atom. The zero-order valence-corrected chi connectivity index (χ0v) is 14.7. The first-order valence-electron chi connectivity index (χ1n) is 8.56.